The van der Waals surface area contributed by atoms with Crippen LogP contribution in [0, 0.1) is 5.82 Å². The third-order valence-corrected chi connectivity index (χ3v) is 5.83. The van der Waals surface area contributed by atoms with Gasteiger partial charge in [-0.2, -0.15) is 0 Å². The molecule has 0 saturated carbocycles. The average Bonchev–Trinajstić information content (AvgIpc) is 2.62. The highest BCUT2D eigenvalue weighted by molar-refractivity contribution is 9.10. The number of rotatable bonds is 2. The lowest BCUT2D eigenvalue weighted by Gasteiger charge is -2.23. The second kappa shape index (κ2) is 6.18. The number of benzene rings is 1. The summed E-state index contributed by atoms with van der Waals surface area (Å²) in [5.74, 6) is -0.634. The maximum Gasteiger partial charge on any atom is 0.171 e. The first-order chi connectivity index (χ1) is 9.85. The number of hydrogen-bond acceptors (Lipinski definition) is 5. The van der Waals surface area contributed by atoms with Crippen LogP contribution in [0.15, 0.2) is 21.8 Å². The largest absolute Gasteiger partial charge is 0.409 e. The second-order valence-electron chi connectivity index (χ2n) is 4.74. The van der Waals surface area contributed by atoms with E-state index in [1.807, 2.05) is 0 Å². The Balaban J connectivity index is 2.35. The molecule has 0 spiro atoms. The molecule has 0 aromatic heterocycles. The summed E-state index contributed by atoms with van der Waals surface area (Å²) in [6.07, 6.45) is 0.460. The zero-order chi connectivity index (χ0) is 15.6. The molecule has 6 nitrogen and oxygen atoms in total. The van der Waals surface area contributed by atoms with Gasteiger partial charge in [0.15, 0.2) is 21.5 Å². The third-order valence-electron chi connectivity index (χ3n) is 3.34. The lowest BCUT2D eigenvalue weighted by molar-refractivity contribution is 0.318. The van der Waals surface area contributed by atoms with Crippen molar-refractivity contribution in [3.63, 3.8) is 0 Å². The van der Waals surface area contributed by atoms with Crippen LogP contribution in [0.2, 0.25) is 0 Å². The quantitative estimate of drug-likeness (QED) is 0.349. The number of hydrogen-bond donors (Lipinski definition) is 2. The van der Waals surface area contributed by atoms with Crippen LogP contribution in [0.1, 0.15) is 12.0 Å². The number of anilines is 1. The van der Waals surface area contributed by atoms with Gasteiger partial charge < -0.3 is 15.8 Å². The summed E-state index contributed by atoms with van der Waals surface area (Å²) in [5, 5.41) is 11.5. The van der Waals surface area contributed by atoms with E-state index in [-0.39, 0.29) is 33.9 Å². The smallest absolute Gasteiger partial charge is 0.171 e. The van der Waals surface area contributed by atoms with Crippen LogP contribution < -0.4 is 10.6 Å². The fourth-order valence-electron chi connectivity index (χ4n) is 2.21. The molecule has 0 radical (unpaired) electrons. The first kappa shape index (κ1) is 16.0. The Morgan fingerprint density at radius 1 is 1.38 bits per heavy atom. The SMILES string of the molecule is N/C(=N/O)c1ccc(N2CCCS(=O)(=O)CC2)c(F)c1Br. The topological polar surface area (TPSA) is 96.0 Å². The minimum Gasteiger partial charge on any atom is -0.409 e. The monoisotopic (exact) mass is 379 g/mol. The summed E-state index contributed by atoms with van der Waals surface area (Å²) in [5.41, 5.74) is 6.00. The minimum atomic E-state index is -3.06. The van der Waals surface area contributed by atoms with Crippen molar-refractivity contribution >= 4 is 37.3 Å². The number of amidine groups is 1. The van der Waals surface area contributed by atoms with Crippen LogP contribution in [0.3, 0.4) is 0 Å². The van der Waals surface area contributed by atoms with E-state index in [0.29, 0.717) is 18.7 Å². The van der Waals surface area contributed by atoms with Crippen molar-refractivity contribution in [2.75, 3.05) is 29.5 Å². The van der Waals surface area contributed by atoms with Gasteiger partial charge in [-0.1, -0.05) is 5.16 Å². The molecule has 1 aliphatic rings. The summed E-state index contributed by atoms with van der Waals surface area (Å²) >= 11 is 3.09. The Kier molecular flexibility index (Phi) is 4.72. The Morgan fingerprint density at radius 2 is 2.10 bits per heavy atom. The Hall–Kier alpha value is -1.35. The predicted octanol–water partition coefficient (Wildman–Crippen LogP) is 1.31. The predicted molar refractivity (Wildman–Crippen MR) is 82.1 cm³/mol. The van der Waals surface area contributed by atoms with Crippen LogP contribution in [0.25, 0.3) is 0 Å². The fraction of sp³-hybridized carbons (Fsp3) is 0.417. The van der Waals surface area contributed by atoms with E-state index in [1.54, 1.807) is 4.90 Å². The van der Waals surface area contributed by atoms with Crippen molar-refractivity contribution in [2.24, 2.45) is 10.9 Å². The van der Waals surface area contributed by atoms with E-state index >= 15 is 0 Å². The van der Waals surface area contributed by atoms with E-state index in [4.69, 9.17) is 10.9 Å². The lowest BCUT2D eigenvalue weighted by atomic mass is 10.1. The standard InChI is InChI=1S/C12H15BrFN3O3S/c13-10-8(12(15)16-18)2-3-9(11(10)14)17-4-1-6-21(19,20)7-5-17/h2-3,18H,1,4-7H2,(H2,15,16). The molecule has 116 valence electrons. The highest BCUT2D eigenvalue weighted by Gasteiger charge is 2.23. The minimum absolute atomic E-state index is 0.00600. The molecule has 0 amide bonds. The summed E-state index contributed by atoms with van der Waals surface area (Å²) < 4.78 is 37.7. The number of nitrogens with zero attached hydrogens (tertiary/aromatic N) is 2. The molecule has 2 rings (SSSR count). The summed E-state index contributed by atoms with van der Waals surface area (Å²) in [6.45, 7) is 0.708. The molecule has 9 heteroatoms. The van der Waals surface area contributed by atoms with Crippen LogP contribution in [-0.4, -0.2) is 44.1 Å². The van der Waals surface area contributed by atoms with Gasteiger partial charge in [0.05, 0.1) is 21.7 Å². The maximum absolute atomic E-state index is 14.4. The average molecular weight is 380 g/mol. The number of sulfone groups is 1. The number of halogens is 2. The van der Waals surface area contributed by atoms with E-state index in [9.17, 15) is 12.8 Å². The zero-order valence-electron chi connectivity index (χ0n) is 11.1. The Labute approximate surface area is 130 Å². The molecule has 0 bridgehead atoms. The van der Waals surface area contributed by atoms with Gasteiger partial charge >= 0.3 is 0 Å². The summed E-state index contributed by atoms with van der Waals surface area (Å²) in [6, 6.07) is 3.03. The van der Waals surface area contributed by atoms with Crippen molar-refractivity contribution in [2.45, 2.75) is 6.42 Å². The van der Waals surface area contributed by atoms with E-state index in [2.05, 4.69) is 21.1 Å². The molecule has 1 aromatic carbocycles. The zero-order valence-corrected chi connectivity index (χ0v) is 13.5. The second-order valence-corrected chi connectivity index (χ2v) is 7.83. The van der Waals surface area contributed by atoms with Gasteiger partial charge in [0.2, 0.25) is 0 Å². The van der Waals surface area contributed by atoms with Crippen molar-refractivity contribution in [1.29, 1.82) is 0 Å². The van der Waals surface area contributed by atoms with Crippen molar-refractivity contribution in [3.8, 4) is 0 Å². The maximum atomic E-state index is 14.4. The van der Waals surface area contributed by atoms with Crippen molar-refractivity contribution < 1.29 is 18.0 Å². The van der Waals surface area contributed by atoms with Gasteiger partial charge in [0.25, 0.3) is 0 Å². The third kappa shape index (κ3) is 3.46. The van der Waals surface area contributed by atoms with Gasteiger partial charge in [-0.3, -0.25) is 0 Å². The highest BCUT2D eigenvalue weighted by atomic mass is 79.9. The number of nitrogens with two attached hydrogens (primary N) is 1. The van der Waals surface area contributed by atoms with Crippen molar-refractivity contribution in [1.82, 2.24) is 0 Å². The molecule has 1 heterocycles. The van der Waals surface area contributed by atoms with Crippen molar-refractivity contribution in [3.05, 3.63) is 28.0 Å². The molecule has 21 heavy (non-hydrogen) atoms. The van der Waals surface area contributed by atoms with Crippen LogP contribution in [0.5, 0.6) is 0 Å². The number of oxime groups is 1. The molecule has 1 fully saturated rings. The molecule has 1 aromatic rings. The van der Waals surface area contributed by atoms with Gasteiger partial charge in [-0.05, 0) is 34.5 Å². The fourth-order valence-corrected chi connectivity index (χ4v) is 4.02. The van der Waals surface area contributed by atoms with Crippen LogP contribution >= 0.6 is 15.9 Å². The first-order valence-electron chi connectivity index (χ1n) is 6.27. The molecule has 1 saturated heterocycles. The lowest BCUT2D eigenvalue weighted by Crippen LogP contribution is -2.28. The highest BCUT2D eigenvalue weighted by Crippen LogP contribution is 2.30. The molecular weight excluding hydrogens is 365 g/mol. The normalized spacial score (nSPS) is 19.3. The Morgan fingerprint density at radius 3 is 2.76 bits per heavy atom. The summed E-state index contributed by atoms with van der Waals surface area (Å²) in [7, 11) is -3.06. The molecule has 1 aliphatic heterocycles. The Bertz CT molecular complexity index is 679. The molecule has 0 atom stereocenters. The van der Waals surface area contributed by atoms with Crippen LogP contribution in [0.4, 0.5) is 10.1 Å². The van der Waals surface area contributed by atoms with Crippen LogP contribution in [-0.2, 0) is 9.84 Å². The molecule has 3 N–H and O–H groups in total. The van der Waals surface area contributed by atoms with Gasteiger partial charge in [0, 0.05) is 18.7 Å². The van der Waals surface area contributed by atoms with E-state index in [0.717, 1.165) is 0 Å². The van der Waals surface area contributed by atoms with Gasteiger partial charge in [-0.15, -0.1) is 0 Å². The van der Waals surface area contributed by atoms with Gasteiger partial charge in [0.1, 0.15) is 0 Å². The molecule has 0 unspecified atom stereocenters. The first-order valence-corrected chi connectivity index (χ1v) is 8.88. The molecule has 0 aliphatic carbocycles. The van der Waals surface area contributed by atoms with Gasteiger partial charge in [-0.25, -0.2) is 12.8 Å². The molecular formula is C12H15BrFN3O3S. The van der Waals surface area contributed by atoms with E-state index in [1.165, 1.54) is 12.1 Å². The van der Waals surface area contributed by atoms with E-state index < -0.39 is 15.7 Å². The summed E-state index contributed by atoms with van der Waals surface area (Å²) in [4.78, 5) is 1.70.